The van der Waals surface area contributed by atoms with E-state index < -0.39 is 5.69 Å². The summed E-state index contributed by atoms with van der Waals surface area (Å²) in [4.78, 5) is 34.0. The summed E-state index contributed by atoms with van der Waals surface area (Å²) < 4.78 is 5.28. The molecule has 1 aliphatic heterocycles. The van der Waals surface area contributed by atoms with Crippen molar-refractivity contribution in [3.63, 3.8) is 0 Å². The van der Waals surface area contributed by atoms with Gasteiger partial charge in [-0.3, -0.25) is 9.36 Å². The first-order valence-corrected chi connectivity index (χ1v) is 9.25. The van der Waals surface area contributed by atoms with E-state index >= 15 is 0 Å². The first-order chi connectivity index (χ1) is 13.6. The topological polar surface area (TPSA) is 104 Å². The second kappa shape index (κ2) is 7.75. The van der Waals surface area contributed by atoms with Crippen molar-refractivity contribution in [2.24, 2.45) is 7.05 Å². The minimum atomic E-state index is -0.415. The van der Waals surface area contributed by atoms with Crippen molar-refractivity contribution in [3.05, 3.63) is 59.3 Å². The van der Waals surface area contributed by atoms with E-state index in [0.717, 1.165) is 24.5 Å². The van der Waals surface area contributed by atoms with Gasteiger partial charge < -0.3 is 14.0 Å². The standard InChI is InChI=1S/C18H22N8O2/c1-23-15(11-24-9-6-19-13-24)21-22-17(23)14-4-2-7-25(10-14)16(27)12-26-8-3-5-20-18(26)28/h3,5-6,8-9,13-14H,2,4,7,10-12H2,1H3. The van der Waals surface area contributed by atoms with Crippen molar-refractivity contribution in [2.75, 3.05) is 13.1 Å². The summed E-state index contributed by atoms with van der Waals surface area (Å²) in [5.74, 6) is 1.77. The molecule has 0 bridgehead atoms. The lowest BCUT2D eigenvalue weighted by atomic mass is 9.97. The maximum Gasteiger partial charge on any atom is 0.347 e. The maximum absolute atomic E-state index is 12.7. The quantitative estimate of drug-likeness (QED) is 0.616. The van der Waals surface area contributed by atoms with Gasteiger partial charge in [-0.1, -0.05) is 0 Å². The predicted octanol–water partition coefficient (Wildman–Crippen LogP) is 0.0228. The number of rotatable bonds is 5. The van der Waals surface area contributed by atoms with Crippen LogP contribution in [0.3, 0.4) is 0 Å². The monoisotopic (exact) mass is 382 g/mol. The van der Waals surface area contributed by atoms with Gasteiger partial charge in [-0.15, -0.1) is 10.2 Å². The zero-order chi connectivity index (χ0) is 19.5. The minimum Gasteiger partial charge on any atom is -0.340 e. The van der Waals surface area contributed by atoms with Crippen molar-refractivity contribution >= 4 is 5.91 Å². The van der Waals surface area contributed by atoms with E-state index in [1.807, 2.05) is 22.4 Å². The van der Waals surface area contributed by atoms with E-state index in [9.17, 15) is 9.59 Å². The van der Waals surface area contributed by atoms with Gasteiger partial charge in [0.2, 0.25) is 5.91 Å². The largest absolute Gasteiger partial charge is 0.347 e. The highest BCUT2D eigenvalue weighted by molar-refractivity contribution is 5.76. The van der Waals surface area contributed by atoms with Crippen molar-refractivity contribution in [1.82, 2.24) is 38.8 Å². The highest BCUT2D eigenvalue weighted by atomic mass is 16.2. The summed E-state index contributed by atoms with van der Waals surface area (Å²) in [7, 11) is 1.96. The van der Waals surface area contributed by atoms with E-state index in [4.69, 9.17) is 0 Å². The van der Waals surface area contributed by atoms with E-state index in [-0.39, 0.29) is 18.4 Å². The fraction of sp³-hybridized carbons (Fsp3) is 0.444. The van der Waals surface area contributed by atoms with Crippen LogP contribution in [0.1, 0.15) is 30.4 Å². The Morgan fingerprint density at radius 1 is 1.25 bits per heavy atom. The van der Waals surface area contributed by atoms with Gasteiger partial charge in [0.1, 0.15) is 12.4 Å². The number of hydrogen-bond donors (Lipinski definition) is 0. The Bertz CT molecular complexity index is 1010. The van der Waals surface area contributed by atoms with Crippen molar-refractivity contribution in [1.29, 1.82) is 0 Å². The fourth-order valence-corrected chi connectivity index (χ4v) is 3.58. The highest BCUT2D eigenvalue weighted by Crippen LogP contribution is 2.26. The number of carbonyl (C=O) groups is 1. The van der Waals surface area contributed by atoms with Crippen LogP contribution in [0.4, 0.5) is 0 Å². The van der Waals surface area contributed by atoms with E-state index in [1.54, 1.807) is 29.7 Å². The van der Waals surface area contributed by atoms with Crippen LogP contribution in [0, 0.1) is 0 Å². The van der Waals surface area contributed by atoms with Crippen LogP contribution in [0.5, 0.6) is 0 Å². The Kier molecular flexibility index (Phi) is 5.00. The van der Waals surface area contributed by atoms with Gasteiger partial charge in [0.05, 0.1) is 12.9 Å². The Morgan fingerprint density at radius 2 is 2.14 bits per heavy atom. The Morgan fingerprint density at radius 3 is 2.93 bits per heavy atom. The molecule has 0 aliphatic carbocycles. The van der Waals surface area contributed by atoms with Crippen molar-refractivity contribution in [3.8, 4) is 0 Å². The summed E-state index contributed by atoms with van der Waals surface area (Å²) in [5, 5.41) is 8.71. The molecule has 1 fully saturated rings. The van der Waals surface area contributed by atoms with Gasteiger partial charge in [0.15, 0.2) is 5.82 Å². The third-order valence-corrected chi connectivity index (χ3v) is 5.11. The number of amides is 1. The predicted molar refractivity (Wildman–Crippen MR) is 99.4 cm³/mol. The molecule has 0 N–H and O–H groups in total. The van der Waals surface area contributed by atoms with Crippen molar-refractivity contribution in [2.45, 2.75) is 31.8 Å². The second-order valence-corrected chi connectivity index (χ2v) is 6.98. The molecule has 0 saturated carbocycles. The number of aromatic nitrogens is 7. The average molecular weight is 382 g/mol. The van der Waals surface area contributed by atoms with Gasteiger partial charge >= 0.3 is 5.69 Å². The minimum absolute atomic E-state index is 0.00406. The van der Waals surface area contributed by atoms with E-state index in [1.165, 1.54) is 10.8 Å². The number of carbonyl (C=O) groups excluding carboxylic acids is 1. The Hall–Kier alpha value is -3.30. The summed E-state index contributed by atoms with van der Waals surface area (Å²) >= 11 is 0. The van der Waals surface area contributed by atoms with Gasteiger partial charge in [-0.2, -0.15) is 0 Å². The third-order valence-electron chi connectivity index (χ3n) is 5.11. The number of likely N-dealkylation sites (tertiary alicyclic amines) is 1. The van der Waals surface area contributed by atoms with Gasteiger partial charge in [0, 0.05) is 50.8 Å². The lowest BCUT2D eigenvalue weighted by molar-refractivity contribution is -0.133. The van der Waals surface area contributed by atoms with Crippen LogP contribution < -0.4 is 5.69 Å². The molecule has 4 rings (SSSR count). The summed E-state index contributed by atoms with van der Waals surface area (Å²) in [5.41, 5.74) is -0.415. The molecule has 1 unspecified atom stereocenters. The normalized spacial score (nSPS) is 17.0. The smallest absolute Gasteiger partial charge is 0.340 e. The molecule has 28 heavy (non-hydrogen) atoms. The molecule has 4 heterocycles. The van der Waals surface area contributed by atoms with Crippen LogP contribution in [-0.2, 0) is 24.9 Å². The van der Waals surface area contributed by atoms with E-state index in [2.05, 4.69) is 20.2 Å². The van der Waals surface area contributed by atoms with Gasteiger partial charge in [-0.05, 0) is 18.9 Å². The molecule has 0 aromatic carbocycles. The molecular formula is C18H22N8O2. The average Bonchev–Trinajstić information content (AvgIpc) is 3.34. The number of piperidine rings is 1. The van der Waals surface area contributed by atoms with Gasteiger partial charge in [0.25, 0.3) is 0 Å². The molecule has 3 aromatic rings. The lowest BCUT2D eigenvalue weighted by Gasteiger charge is -2.32. The molecule has 10 nitrogen and oxygen atoms in total. The van der Waals surface area contributed by atoms with Crippen LogP contribution >= 0.6 is 0 Å². The Balaban J connectivity index is 1.45. The molecule has 10 heteroatoms. The van der Waals surface area contributed by atoms with Crippen LogP contribution in [-0.4, -0.2) is 57.8 Å². The molecule has 0 radical (unpaired) electrons. The second-order valence-electron chi connectivity index (χ2n) is 6.98. The van der Waals surface area contributed by atoms with E-state index in [0.29, 0.717) is 19.6 Å². The van der Waals surface area contributed by atoms with Crippen molar-refractivity contribution < 1.29 is 4.79 Å². The molecule has 146 valence electrons. The van der Waals surface area contributed by atoms with Crippen LogP contribution in [0.2, 0.25) is 0 Å². The first-order valence-electron chi connectivity index (χ1n) is 9.25. The van der Waals surface area contributed by atoms with Crippen LogP contribution in [0.25, 0.3) is 0 Å². The summed E-state index contributed by atoms with van der Waals surface area (Å²) in [6.07, 6.45) is 10.2. The van der Waals surface area contributed by atoms with Gasteiger partial charge in [-0.25, -0.2) is 14.8 Å². The van der Waals surface area contributed by atoms with Crippen LogP contribution in [0.15, 0.2) is 42.0 Å². The maximum atomic E-state index is 12.7. The molecule has 0 spiro atoms. The molecular weight excluding hydrogens is 360 g/mol. The SMILES string of the molecule is Cn1c(Cn2ccnc2)nnc1C1CCCN(C(=O)Cn2cccnc2=O)C1. The molecule has 3 aromatic heterocycles. The first kappa shape index (κ1) is 18.1. The zero-order valence-electron chi connectivity index (χ0n) is 15.7. The summed E-state index contributed by atoms with van der Waals surface area (Å²) in [6, 6.07) is 1.65. The zero-order valence-corrected chi connectivity index (χ0v) is 15.7. The number of imidazole rings is 1. The molecule has 1 amide bonds. The fourth-order valence-electron chi connectivity index (χ4n) is 3.58. The Labute approximate surface area is 161 Å². The molecule has 1 aliphatic rings. The number of hydrogen-bond acceptors (Lipinski definition) is 6. The molecule has 1 atom stereocenters. The highest BCUT2D eigenvalue weighted by Gasteiger charge is 2.28. The third kappa shape index (κ3) is 3.71. The lowest BCUT2D eigenvalue weighted by Crippen LogP contribution is -2.42. The summed E-state index contributed by atoms with van der Waals surface area (Å²) in [6.45, 7) is 1.86. The number of nitrogens with zero attached hydrogens (tertiary/aromatic N) is 8. The molecule has 1 saturated heterocycles.